The maximum absolute atomic E-state index is 13.2. The number of ketones is 1. The third kappa shape index (κ3) is 4.93. The molecule has 5 rings (SSSR count). The van der Waals surface area contributed by atoms with Gasteiger partial charge in [0.1, 0.15) is 4.21 Å². The van der Waals surface area contributed by atoms with Crippen LogP contribution in [-0.4, -0.2) is 47.6 Å². The fraction of sp³-hybridized carbons (Fsp3) is 0.417. The lowest BCUT2D eigenvalue weighted by atomic mass is 9.85. The van der Waals surface area contributed by atoms with E-state index in [2.05, 4.69) is 15.5 Å². The van der Waals surface area contributed by atoms with Crippen LogP contribution in [0.1, 0.15) is 61.2 Å². The number of thiophene rings is 1. The molecule has 0 bridgehead atoms. The van der Waals surface area contributed by atoms with E-state index in [9.17, 15) is 18.0 Å². The van der Waals surface area contributed by atoms with Crippen LogP contribution in [0.5, 0.6) is 0 Å². The number of carbonyl (C=O) groups excluding carboxylic acids is 2. The Morgan fingerprint density at radius 3 is 2.46 bits per heavy atom. The largest absolute Gasteiger partial charge is 0.339 e. The van der Waals surface area contributed by atoms with Gasteiger partial charge in [0.25, 0.3) is 10.0 Å². The fourth-order valence-corrected chi connectivity index (χ4v) is 7.04. The molecule has 2 fully saturated rings. The molecule has 0 radical (unpaired) electrons. The summed E-state index contributed by atoms with van der Waals surface area (Å²) in [7, 11) is -3.67. The van der Waals surface area contributed by atoms with E-state index in [1.165, 1.54) is 11.2 Å². The Morgan fingerprint density at radius 1 is 1.11 bits per heavy atom. The summed E-state index contributed by atoms with van der Waals surface area (Å²) in [5, 5.41) is 8.63. The molecule has 2 aliphatic rings. The Balaban J connectivity index is 1.19. The molecular weight excluding hydrogens is 488 g/mol. The SMILES string of the molecule is CC(=O)c1ccc(NC(=O)C2CCN(S(=O)(=O)c3cc(-c4noc(C5CCC5)n4)cs3)CC2)cc1. The molecule has 35 heavy (non-hydrogen) atoms. The summed E-state index contributed by atoms with van der Waals surface area (Å²) in [5.74, 6) is 0.891. The van der Waals surface area contributed by atoms with Gasteiger partial charge in [-0.2, -0.15) is 9.29 Å². The third-order valence-corrected chi connectivity index (χ3v) is 10.0. The lowest BCUT2D eigenvalue weighted by Crippen LogP contribution is -2.41. The minimum Gasteiger partial charge on any atom is -0.339 e. The number of piperidine rings is 1. The van der Waals surface area contributed by atoms with E-state index in [0.29, 0.717) is 47.3 Å². The number of amides is 1. The molecule has 2 aromatic heterocycles. The molecule has 0 spiro atoms. The second-order valence-electron chi connectivity index (χ2n) is 9.04. The maximum Gasteiger partial charge on any atom is 0.252 e. The predicted octanol–water partition coefficient (Wildman–Crippen LogP) is 4.31. The van der Waals surface area contributed by atoms with Gasteiger partial charge in [-0.3, -0.25) is 9.59 Å². The number of nitrogens with zero attached hydrogens (tertiary/aromatic N) is 3. The zero-order valence-corrected chi connectivity index (χ0v) is 20.9. The molecule has 11 heteroatoms. The van der Waals surface area contributed by atoms with Crippen LogP contribution in [0.25, 0.3) is 11.4 Å². The van der Waals surface area contributed by atoms with Gasteiger partial charge in [-0.15, -0.1) is 11.3 Å². The number of anilines is 1. The molecule has 9 nitrogen and oxygen atoms in total. The van der Waals surface area contributed by atoms with Crippen molar-refractivity contribution in [2.24, 2.45) is 5.92 Å². The highest BCUT2D eigenvalue weighted by Crippen LogP contribution is 2.37. The van der Waals surface area contributed by atoms with Crippen molar-refractivity contribution < 1.29 is 22.5 Å². The van der Waals surface area contributed by atoms with E-state index < -0.39 is 10.0 Å². The fourth-order valence-electron chi connectivity index (χ4n) is 4.26. The van der Waals surface area contributed by atoms with Crippen molar-refractivity contribution >= 4 is 38.7 Å². The Morgan fingerprint density at radius 2 is 1.83 bits per heavy atom. The third-order valence-electron chi connectivity index (χ3n) is 6.71. The molecule has 1 aliphatic heterocycles. The molecule has 0 atom stereocenters. The highest BCUT2D eigenvalue weighted by atomic mass is 32.2. The topological polar surface area (TPSA) is 122 Å². The zero-order valence-electron chi connectivity index (χ0n) is 19.3. The summed E-state index contributed by atoms with van der Waals surface area (Å²) >= 11 is 1.14. The van der Waals surface area contributed by atoms with Crippen LogP contribution in [0, 0.1) is 5.92 Å². The van der Waals surface area contributed by atoms with Crippen molar-refractivity contribution in [1.82, 2.24) is 14.4 Å². The second kappa shape index (κ2) is 9.63. The smallest absolute Gasteiger partial charge is 0.252 e. The first-order valence-electron chi connectivity index (χ1n) is 11.7. The van der Waals surface area contributed by atoms with Crippen LogP contribution in [0.4, 0.5) is 5.69 Å². The monoisotopic (exact) mass is 514 g/mol. The Labute approximate surface area is 207 Å². The summed E-state index contributed by atoms with van der Waals surface area (Å²) in [5.41, 5.74) is 1.83. The molecule has 1 N–H and O–H groups in total. The number of benzene rings is 1. The summed E-state index contributed by atoms with van der Waals surface area (Å²) in [6, 6.07) is 8.33. The molecule has 3 heterocycles. The van der Waals surface area contributed by atoms with Crippen molar-refractivity contribution in [3.8, 4) is 11.4 Å². The average Bonchev–Trinajstić information content (AvgIpc) is 3.49. The van der Waals surface area contributed by atoms with Gasteiger partial charge in [-0.1, -0.05) is 11.6 Å². The highest BCUT2D eigenvalue weighted by molar-refractivity contribution is 7.91. The lowest BCUT2D eigenvalue weighted by Gasteiger charge is -2.30. The Hall–Kier alpha value is -2.89. The minimum atomic E-state index is -3.67. The van der Waals surface area contributed by atoms with Crippen LogP contribution >= 0.6 is 11.3 Å². The summed E-state index contributed by atoms with van der Waals surface area (Å²) in [6.45, 7) is 2.03. The van der Waals surface area contributed by atoms with E-state index >= 15 is 0 Å². The first-order valence-corrected chi connectivity index (χ1v) is 14.0. The number of hydrogen-bond donors (Lipinski definition) is 1. The van der Waals surface area contributed by atoms with E-state index in [-0.39, 0.29) is 34.9 Å². The van der Waals surface area contributed by atoms with Crippen LogP contribution in [0.2, 0.25) is 0 Å². The predicted molar refractivity (Wildman–Crippen MR) is 131 cm³/mol. The highest BCUT2D eigenvalue weighted by Gasteiger charge is 2.33. The molecule has 1 saturated carbocycles. The van der Waals surface area contributed by atoms with Crippen molar-refractivity contribution in [2.75, 3.05) is 18.4 Å². The van der Waals surface area contributed by atoms with Crippen molar-refractivity contribution in [3.63, 3.8) is 0 Å². The minimum absolute atomic E-state index is 0.0370. The number of hydrogen-bond acceptors (Lipinski definition) is 8. The molecule has 1 amide bonds. The van der Waals surface area contributed by atoms with Gasteiger partial charge in [0, 0.05) is 47.1 Å². The summed E-state index contributed by atoms with van der Waals surface area (Å²) in [6.07, 6.45) is 4.13. The average molecular weight is 515 g/mol. The van der Waals surface area contributed by atoms with E-state index in [1.807, 2.05) is 0 Å². The zero-order chi connectivity index (χ0) is 24.6. The van der Waals surface area contributed by atoms with E-state index in [1.54, 1.807) is 35.7 Å². The molecule has 0 unspecified atom stereocenters. The quantitative estimate of drug-likeness (QED) is 0.466. The van der Waals surface area contributed by atoms with Crippen molar-refractivity contribution in [2.45, 2.75) is 49.2 Å². The van der Waals surface area contributed by atoms with Gasteiger partial charge < -0.3 is 9.84 Å². The van der Waals surface area contributed by atoms with E-state index in [0.717, 1.165) is 30.6 Å². The Kier molecular flexibility index (Phi) is 6.56. The van der Waals surface area contributed by atoms with Gasteiger partial charge in [-0.25, -0.2) is 8.42 Å². The van der Waals surface area contributed by atoms with Gasteiger partial charge >= 0.3 is 0 Å². The number of sulfonamides is 1. The van der Waals surface area contributed by atoms with Crippen LogP contribution < -0.4 is 5.32 Å². The van der Waals surface area contributed by atoms with Gasteiger partial charge in [0.05, 0.1) is 0 Å². The number of aromatic nitrogens is 2. The number of Topliss-reactive ketones (excluding diaryl/α,β-unsaturated/α-hetero) is 1. The molecule has 1 saturated heterocycles. The summed E-state index contributed by atoms with van der Waals surface area (Å²) < 4.78 is 33.4. The van der Waals surface area contributed by atoms with E-state index in [4.69, 9.17) is 4.52 Å². The number of carbonyl (C=O) groups is 2. The van der Waals surface area contributed by atoms with Crippen molar-refractivity contribution in [3.05, 3.63) is 47.2 Å². The lowest BCUT2D eigenvalue weighted by molar-refractivity contribution is -0.120. The number of nitrogens with one attached hydrogen (secondary N) is 1. The molecular formula is C24H26N4O5S2. The van der Waals surface area contributed by atoms with Crippen molar-refractivity contribution in [1.29, 1.82) is 0 Å². The standard InChI is InChI=1S/C24H26N4O5S2/c1-15(29)16-5-7-20(8-6-16)25-23(30)17-9-11-28(12-10-17)35(31,32)21-13-19(14-34-21)22-26-24(33-27-22)18-3-2-4-18/h5-8,13-14,17-18H,2-4,9-12H2,1H3,(H,25,30). The molecule has 1 aromatic carbocycles. The number of rotatable bonds is 7. The Bertz CT molecular complexity index is 1330. The molecule has 3 aromatic rings. The first kappa shape index (κ1) is 23.8. The van der Waals surface area contributed by atoms with Gasteiger partial charge in [0.2, 0.25) is 17.6 Å². The normalized spacial score (nSPS) is 17.7. The van der Waals surface area contributed by atoms with Crippen LogP contribution in [0.3, 0.4) is 0 Å². The first-order chi connectivity index (χ1) is 16.8. The second-order valence-corrected chi connectivity index (χ2v) is 12.1. The molecule has 1 aliphatic carbocycles. The summed E-state index contributed by atoms with van der Waals surface area (Å²) in [4.78, 5) is 28.5. The van der Waals surface area contributed by atoms with Gasteiger partial charge in [0.15, 0.2) is 5.78 Å². The maximum atomic E-state index is 13.2. The molecule has 184 valence electrons. The van der Waals surface area contributed by atoms with Crippen LogP contribution in [-0.2, 0) is 14.8 Å². The van der Waals surface area contributed by atoms with Gasteiger partial charge in [-0.05, 0) is 62.9 Å². The van der Waals surface area contributed by atoms with Crippen LogP contribution in [0.15, 0.2) is 44.4 Å².